The molecular weight excluding hydrogens is 413 g/mol. The zero-order valence-electron chi connectivity index (χ0n) is 17.6. The Morgan fingerprint density at radius 3 is 2.77 bits per heavy atom. The first kappa shape index (κ1) is 20.2. The summed E-state index contributed by atoms with van der Waals surface area (Å²) in [7, 11) is 0. The number of hydrogen-bond acceptors (Lipinski definition) is 3. The number of rotatable bonds is 4. The monoisotopic (exact) mass is 439 g/mol. The van der Waals surface area contributed by atoms with E-state index in [1.165, 1.54) is 12.5 Å². The lowest BCUT2D eigenvalue weighted by Crippen LogP contribution is -2.64. The van der Waals surface area contributed by atoms with Gasteiger partial charge in [0.1, 0.15) is 17.1 Å². The SMILES string of the molecule is C[C@@]1(C(=O)NC2CCCCC2)Cn2c(cc3sccc32)C(=O)N1Cc1ccccc1F. The summed E-state index contributed by atoms with van der Waals surface area (Å²) in [5.74, 6) is -0.765. The van der Waals surface area contributed by atoms with Gasteiger partial charge in [-0.2, -0.15) is 0 Å². The zero-order valence-corrected chi connectivity index (χ0v) is 18.4. The van der Waals surface area contributed by atoms with Crippen LogP contribution in [0.25, 0.3) is 10.2 Å². The molecule has 0 radical (unpaired) electrons. The molecule has 5 rings (SSSR count). The maximum atomic E-state index is 14.5. The van der Waals surface area contributed by atoms with E-state index in [1.807, 2.05) is 29.0 Å². The first-order valence-corrected chi connectivity index (χ1v) is 11.8. The second kappa shape index (κ2) is 7.79. The summed E-state index contributed by atoms with van der Waals surface area (Å²) < 4.78 is 17.4. The standard InChI is InChI=1S/C24H26FN3O2S/c1-24(23(30)26-17-8-3-2-4-9-17)15-27-19-11-12-31-21(19)13-20(27)22(29)28(24)14-16-7-5-6-10-18(16)25/h5-7,10-13,17H,2-4,8-9,14-15H2,1H3,(H,26,30)/t24-/m0/s1. The highest BCUT2D eigenvalue weighted by atomic mass is 32.1. The fourth-order valence-electron chi connectivity index (χ4n) is 4.91. The lowest BCUT2D eigenvalue weighted by Gasteiger charge is -2.45. The predicted octanol–water partition coefficient (Wildman–Crippen LogP) is 4.71. The van der Waals surface area contributed by atoms with E-state index in [0.29, 0.717) is 17.8 Å². The van der Waals surface area contributed by atoms with Crippen molar-refractivity contribution in [2.45, 2.75) is 63.7 Å². The van der Waals surface area contributed by atoms with Crippen LogP contribution in [0.15, 0.2) is 41.8 Å². The molecule has 1 aliphatic carbocycles. The third-order valence-electron chi connectivity index (χ3n) is 6.76. The first-order valence-electron chi connectivity index (χ1n) is 10.9. The number of nitrogens with one attached hydrogen (secondary N) is 1. The molecule has 2 amide bonds. The summed E-state index contributed by atoms with van der Waals surface area (Å²) in [5.41, 5.74) is 0.823. The molecule has 0 saturated heterocycles. The molecular formula is C24H26FN3O2S. The highest BCUT2D eigenvalue weighted by Crippen LogP contribution is 2.35. The number of halogens is 1. The van der Waals surface area contributed by atoms with Crippen LogP contribution in [0.5, 0.6) is 0 Å². The Bertz CT molecular complexity index is 1150. The van der Waals surface area contributed by atoms with Gasteiger partial charge in [-0.1, -0.05) is 37.5 Å². The molecule has 5 nitrogen and oxygen atoms in total. The molecule has 162 valence electrons. The molecule has 2 aromatic heterocycles. The Balaban J connectivity index is 1.54. The molecule has 1 aromatic carbocycles. The predicted molar refractivity (Wildman–Crippen MR) is 120 cm³/mol. The van der Waals surface area contributed by atoms with Crippen LogP contribution in [0.3, 0.4) is 0 Å². The lowest BCUT2D eigenvalue weighted by atomic mass is 9.91. The van der Waals surface area contributed by atoms with E-state index in [9.17, 15) is 14.0 Å². The van der Waals surface area contributed by atoms with Crippen molar-refractivity contribution in [3.8, 4) is 0 Å². The zero-order chi connectivity index (χ0) is 21.6. The number of thiophene rings is 1. The van der Waals surface area contributed by atoms with E-state index in [-0.39, 0.29) is 30.2 Å². The molecule has 1 saturated carbocycles. The van der Waals surface area contributed by atoms with Gasteiger partial charge in [-0.05, 0) is 43.3 Å². The number of aromatic nitrogens is 1. The van der Waals surface area contributed by atoms with Crippen molar-refractivity contribution in [3.05, 3.63) is 58.9 Å². The van der Waals surface area contributed by atoms with Gasteiger partial charge in [-0.15, -0.1) is 11.3 Å². The third-order valence-corrected chi connectivity index (χ3v) is 7.62. The van der Waals surface area contributed by atoms with Crippen LogP contribution in [0.1, 0.15) is 55.1 Å². The first-order chi connectivity index (χ1) is 15.0. The molecule has 1 N–H and O–H groups in total. The maximum Gasteiger partial charge on any atom is 0.271 e. The van der Waals surface area contributed by atoms with E-state index >= 15 is 0 Å². The lowest BCUT2D eigenvalue weighted by molar-refractivity contribution is -0.134. The van der Waals surface area contributed by atoms with Crippen molar-refractivity contribution >= 4 is 33.4 Å². The van der Waals surface area contributed by atoms with Gasteiger partial charge in [0, 0.05) is 11.6 Å². The van der Waals surface area contributed by atoms with E-state index in [0.717, 1.165) is 35.9 Å². The van der Waals surface area contributed by atoms with Crippen LogP contribution < -0.4 is 5.32 Å². The average molecular weight is 440 g/mol. The second-order valence-corrected chi connectivity index (χ2v) is 9.80. The van der Waals surface area contributed by atoms with Gasteiger partial charge in [0.25, 0.3) is 5.91 Å². The van der Waals surface area contributed by atoms with Crippen LogP contribution in [0.4, 0.5) is 4.39 Å². The molecule has 3 heterocycles. The molecule has 0 spiro atoms. The van der Waals surface area contributed by atoms with Crippen molar-refractivity contribution < 1.29 is 14.0 Å². The Morgan fingerprint density at radius 1 is 1.23 bits per heavy atom. The van der Waals surface area contributed by atoms with E-state index in [1.54, 1.807) is 34.4 Å². The Hall–Kier alpha value is -2.67. The molecule has 1 fully saturated rings. The summed E-state index contributed by atoms with van der Waals surface area (Å²) in [5, 5.41) is 5.20. The Labute approximate surface area is 184 Å². The molecule has 2 aliphatic rings. The molecule has 0 bridgehead atoms. The topological polar surface area (TPSA) is 54.3 Å². The molecule has 1 aliphatic heterocycles. The summed E-state index contributed by atoms with van der Waals surface area (Å²) in [4.78, 5) is 28.8. The van der Waals surface area contributed by atoms with Crippen LogP contribution in [0.2, 0.25) is 0 Å². The highest BCUT2D eigenvalue weighted by Gasteiger charge is 2.48. The summed E-state index contributed by atoms with van der Waals surface area (Å²) >= 11 is 1.58. The number of fused-ring (bicyclic) bond motifs is 3. The number of nitrogens with zero attached hydrogens (tertiary/aromatic N) is 2. The van der Waals surface area contributed by atoms with Gasteiger partial charge in [0.15, 0.2) is 0 Å². The molecule has 7 heteroatoms. The number of amides is 2. The Morgan fingerprint density at radius 2 is 2.00 bits per heavy atom. The number of hydrogen-bond donors (Lipinski definition) is 1. The minimum Gasteiger partial charge on any atom is -0.351 e. The van der Waals surface area contributed by atoms with Crippen LogP contribution in [-0.4, -0.2) is 32.9 Å². The summed E-state index contributed by atoms with van der Waals surface area (Å²) in [6, 6.07) is 10.5. The van der Waals surface area contributed by atoms with Crippen molar-refractivity contribution in [1.82, 2.24) is 14.8 Å². The van der Waals surface area contributed by atoms with Crippen molar-refractivity contribution in [3.63, 3.8) is 0 Å². The van der Waals surface area contributed by atoms with E-state index < -0.39 is 5.54 Å². The Kier molecular flexibility index (Phi) is 5.08. The van der Waals surface area contributed by atoms with Gasteiger partial charge < -0.3 is 14.8 Å². The molecule has 1 atom stereocenters. The van der Waals surface area contributed by atoms with Crippen LogP contribution >= 0.6 is 11.3 Å². The normalized spacial score (nSPS) is 22.0. The highest BCUT2D eigenvalue weighted by molar-refractivity contribution is 7.17. The van der Waals surface area contributed by atoms with E-state index in [4.69, 9.17) is 0 Å². The van der Waals surface area contributed by atoms with Crippen molar-refractivity contribution in [2.24, 2.45) is 0 Å². The number of benzene rings is 1. The van der Waals surface area contributed by atoms with Crippen molar-refractivity contribution in [2.75, 3.05) is 0 Å². The fraction of sp³-hybridized carbons (Fsp3) is 0.417. The maximum absolute atomic E-state index is 14.5. The molecule has 31 heavy (non-hydrogen) atoms. The van der Waals surface area contributed by atoms with Gasteiger partial charge in [-0.25, -0.2) is 4.39 Å². The van der Waals surface area contributed by atoms with Gasteiger partial charge in [0.2, 0.25) is 5.91 Å². The quantitative estimate of drug-likeness (QED) is 0.640. The number of carbonyl (C=O) groups is 2. The molecule has 3 aromatic rings. The van der Waals surface area contributed by atoms with Crippen LogP contribution in [0, 0.1) is 5.82 Å². The summed E-state index contributed by atoms with van der Waals surface area (Å²) in [6.45, 7) is 2.21. The largest absolute Gasteiger partial charge is 0.351 e. The minimum absolute atomic E-state index is 0.0545. The average Bonchev–Trinajstić information content (AvgIpc) is 3.35. The molecule has 0 unspecified atom stereocenters. The smallest absolute Gasteiger partial charge is 0.271 e. The summed E-state index contributed by atoms with van der Waals surface area (Å²) in [6.07, 6.45) is 5.34. The number of carbonyl (C=O) groups excluding carboxylic acids is 2. The van der Waals surface area contributed by atoms with Gasteiger partial charge in [0.05, 0.1) is 23.3 Å². The third kappa shape index (κ3) is 3.45. The minimum atomic E-state index is -1.11. The van der Waals surface area contributed by atoms with E-state index in [2.05, 4.69) is 5.32 Å². The second-order valence-electron chi connectivity index (χ2n) is 8.85. The van der Waals surface area contributed by atoms with Gasteiger partial charge >= 0.3 is 0 Å². The van der Waals surface area contributed by atoms with Gasteiger partial charge in [-0.3, -0.25) is 9.59 Å². The van der Waals surface area contributed by atoms with Crippen molar-refractivity contribution in [1.29, 1.82) is 0 Å². The fourth-order valence-corrected chi connectivity index (χ4v) is 5.73. The van der Waals surface area contributed by atoms with Crippen LogP contribution in [-0.2, 0) is 17.9 Å².